The fourth-order valence-electron chi connectivity index (χ4n) is 11.2. The zero-order valence-electron chi connectivity index (χ0n) is 38.5. The number of nitrogens with one attached hydrogen (secondary N) is 3. The Morgan fingerprint density at radius 2 is 1.39 bits per heavy atom. The number of carbonyl (C=O) groups excluding carboxylic acids is 6. The number of rotatable bonds is 11. The van der Waals surface area contributed by atoms with Crippen LogP contribution in [0.5, 0.6) is 0 Å². The van der Waals surface area contributed by atoms with Crippen molar-refractivity contribution in [3.05, 3.63) is 102 Å². The molecule has 18 heteroatoms. The first kappa shape index (κ1) is 44.3. The number of hydrogen-bond acceptors (Lipinski definition) is 13. The lowest BCUT2D eigenvalue weighted by atomic mass is 9.86. The Morgan fingerprint density at radius 3 is 2.13 bits per heavy atom. The Bertz CT molecular complexity index is 2790. The lowest BCUT2D eigenvalue weighted by molar-refractivity contribution is -0.138. The van der Waals surface area contributed by atoms with Gasteiger partial charge in [0.25, 0.3) is 11.8 Å². The zero-order chi connectivity index (χ0) is 47.2. The lowest BCUT2D eigenvalue weighted by Crippen LogP contribution is -2.55. The number of piperidine rings is 3. The highest BCUT2D eigenvalue weighted by Crippen LogP contribution is 2.36. The van der Waals surface area contributed by atoms with Crippen LogP contribution in [-0.2, 0) is 25.6 Å². The average molecular weight is 933 g/mol. The van der Waals surface area contributed by atoms with Crippen molar-refractivity contribution in [2.75, 3.05) is 67.5 Å². The maximum absolute atomic E-state index is 13.8. The number of amides is 6. The minimum absolute atomic E-state index is 0.0421. The molecule has 7 heterocycles. The fourth-order valence-corrected chi connectivity index (χ4v) is 11.2. The summed E-state index contributed by atoms with van der Waals surface area (Å²) in [5.41, 5.74) is 5.94. The third-order valence-electron chi connectivity index (χ3n) is 15.2. The highest BCUT2D eigenvalue weighted by Gasteiger charge is 2.45. The van der Waals surface area contributed by atoms with Crippen molar-refractivity contribution >= 4 is 69.5 Å². The van der Waals surface area contributed by atoms with Gasteiger partial charge in [0.05, 0.1) is 23.9 Å². The van der Waals surface area contributed by atoms with Crippen LogP contribution in [0.15, 0.2) is 85.5 Å². The molecule has 0 unspecified atom stereocenters. The van der Waals surface area contributed by atoms with Gasteiger partial charge in [0.15, 0.2) is 17.0 Å². The number of anilines is 4. The number of hydrogen-bond donors (Lipinski definition) is 3. The number of nitrogens with zero attached hydrogens (tertiary/aromatic N) is 9. The molecule has 5 aliphatic heterocycles. The van der Waals surface area contributed by atoms with Gasteiger partial charge in [0, 0.05) is 99.9 Å². The van der Waals surface area contributed by atoms with Gasteiger partial charge in [-0.15, -0.1) is 0 Å². The number of carbonyl (C=O) groups is 6. The van der Waals surface area contributed by atoms with Crippen molar-refractivity contribution in [1.29, 1.82) is 0 Å². The number of piperazine rings is 1. The molecule has 0 radical (unpaired) electrons. The molecule has 5 aromatic rings. The summed E-state index contributed by atoms with van der Waals surface area (Å²) in [6.45, 7) is 6.45. The van der Waals surface area contributed by atoms with Crippen LogP contribution in [0.3, 0.4) is 0 Å². The van der Waals surface area contributed by atoms with Crippen LogP contribution < -0.4 is 25.8 Å². The summed E-state index contributed by atoms with van der Waals surface area (Å²) in [6.07, 6.45) is 9.16. The van der Waals surface area contributed by atoms with Crippen molar-refractivity contribution in [3.63, 3.8) is 0 Å². The van der Waals surface area contributed by atoms with Crippen LogP contribution in [0.25, 0.3) is 11.2 Å². The van der Waals surface area contributed by atoms with E-state index in [1.807, 2.05) is 47.6 Å². The molecular weight excluding hydrogens is 877 g/mol. The fraction of sp³-hybridized carbons (Fsp3) is 0.431. The van der Waals surface area contributed by atoms with E-state index in [1.165, 1.54) is 5.69 Å². The molecule has 0 spiro atoms. The van der Waals surface area contributed by atoms with E-state index in [1.54, 1.807) is 18.5 Å². The summed E-state index contributed by atoms with van der Waals surface area (Å²) < 4.78 is 2.10. The molecule has 11 rings (SSSR count). The molecule has 6 aliphatic rings. The van der Waals surface area contributed by atoms with Gasteiger partial charge in [-0.2, -0.15) is 0 Å². The first-order chi connectivity index (χ1) is 33.6. The molecule has 0 bridgehead atoms. The van der Waals surface area contributed by atoms with Crippen LogP contribution >= 0.6 is 0 Å². The van der Waals surface area contributed by atoms with E-state index in [2.05, 4.69) is 69.5 Å². The van der Waals surface area contributed by atoms with Gasteiger partial charge in [-0.3, -0.25) is 43.9 Å². The predicted molar refractivity (Wildman–Crippen MR) is 257 cm³/mol. The third-order valence-corrected chi connectivity index (χ3v) is 15.2. The number of imide groups is 2. The molecule has 18 nitrogen and oxygen atoms in total. The first-order valence-corrected chi connectivity index (χ1v) is 24.4. The van der Waals surface area contributed by atoms with E-state index < -0.39 is 29.7 Å². The van der Waals surface area contributed by atoms with E-state index in [4.69, 9.17) is 4.98 Å². The molecule has 5 fully saturated rings. The molecular formula is C51H56N12O6. The lowest BCUT2D eigenvalue weighted by Gasteiger charge is -2.44. The van der Waals surface area contributed by atoms with Gasteiger partial charge in [-0.25, -0.2) is 15.0 Å². The van der Waals surface area contributed by atoms with Gasteiger partial charge in [-0.05, 0) is 93.0 Å². The van der Waals surface area contributed by atoms with Crippen LogP contribution in [0.4, 0.5) is 22.9 Å². The molecule has 6 amide bonds. The van der Waals surface area contributed by atoms with Crippen molar-refractivity contribution in [2.45, 2.75) is 82.0 Å². The van der Waals surface area contributed by atoms with Crippen LogP contribution in [0.2, 0.25) is 0 Å². The smallest absolute Gasteiger partial charge is 0.262 e. The maximum Gasteiger partial charge on any atom is 0.262 e. The molecule has 3 aromatic carbocycles. The largest absolute Gasteiger partial charge is 0.371 e. The Morgan fingerprint density at radius 1 is 0.696 bits per heavy atom. The Balaban J connectivity index is 0.612. The number of imidazole rings is 1. The van der Waals surface area contributed by atoms with Gasteiger partial charge in [0.1, 0.15) is 12.4 Å². The average Bonchev–Trinajstić information content (AvgIpc) is 3.90. The van der Waals surface area contributed by atoms with Crippen molar-refractivity contribution < 1.29 is 28.8 Å². The van der Waals surface area contributed by atoms with Crippen LogP contribution in [-0.4, -0.2) is 140 Å². The second kappa shape index (κ2) is 18.7. The minimum atomic E-state index is -0.999. The summed E-state index contributed by atoms with van der Waals surface area (Å²) in [4.78, 5) is 101. The highest BCUT2D eigenvalue weighted by molar-refractivity contribution is 6.23. The number of aromatic nitrogens is 4. The molecule has 69 heavy (non-hydrogen) atoms. The molecule has 1 saturated carbocycles. The summed E-state index contributed by atoms with van der Waals surface area (Å²) in [7, 11) is 0. The second-order valence-corrected chi connectivity index (χ2v) is 19.3. The monoisotopic (exact) mass is 932 g/mol. The van der Waals surface area contributed by atoms with Crippen molar-refractivity contribution in [2.24, 2.45) is 5.92 Å². The highest BCUT2D eigenvalue weighted by atomic mass is 16.2. The van der Waals surface area contributed by atoms with Gasteiger partial charge >= 0.3 is 0 Å². The quantitative estimate of drug-likeness (QED) is 0.161. The molecule has 2 aromatic heterocycles. The summed E-state index contributed by atoms with van der Waals surface area (Å²) in [5, 5.41) is 8.87. The van der Waals surface area contributed by atoms with Crippen LogP contribution in [0.1, 0.15) is 83.7 Å². The number of benzene rings is 3. The SMILES string of the molecule is O=C1CC[C@H](N2C(=O)c3ccc(N4CCC(C(=O)N5CCN(C6CCN(c7ccc(Nc8ncnc9c8ncn9C8CC(NC(=O)Cc9ccccc9)C8)cc7)CC6)CC5)CC4)cc3C2=O)C(=O)N1. The molecule has 4 saturated heterocycles. The number of fused-ring (bicyclic) bond motifs is 2. The summed E-state index contributed by atoms with van der Waals surface area (Å²) >= 11 is 0. The Labute approximate surface area is 399 Å². The topological polar surface area (TPSA) is 198 Å². The van der Waals surface area contributed by atoms with Gasteiger partial charge < -0.3 is 29.9 Å². The van der Waals surface area contributed by atoms with E-state index >= 15 is 0 Å². The predicted octanol–water partition coefficient (Wildman–Crippen LogP) is 4.06. The van der Waals surface area contributed by atoms with Crippen molar-refractivity contribution in [1.82, 2.24) is 44.9 Å². The standard InChI is InChI=1S/C51H56N12O6/c64-43-13-12-42(48(66)57-43)63-50(68)40-11-10-38(29-41(40)51(63)69)59-18-14-33(15-19-59)49(67)61-24-22-60(23-25-61)37-16-20-58(21-17-37)36-8-6-34(7-9-36)56-46-45-47(53-30-52-46)62(31-54-45)39-27-35(28-39)55-44(65)26-32-4-2-1-3-5-32/h1-11,29-31,33,35,37,39,42H,12-28H2,(H,55,65)(H,52,53,56)(H,57,64,66)/t35?,39?,42-/m0/s1. The van der Waals surface area contributed by atoms with Gasteiger partial charge in [-0.1, -0.05) is 30.3 Å². The molecule has 3 N–H and O–H groups in total. The van der Waals surface area contributed by atoms with E-state index in [9.17, 15) is 28.8 Å². The third kappa shape index (κ3) is 8.88. The zero-order valence-corrected chi connectivity index (χ0v) is 38.5. The molecule has 1 atom stereocenters. The van der Waals surface area contributed by atoms with E-state index in [0.29, 0.717) is 49.7 Å². The normalized spacial score (nSPS) is 22.7. The maximum atomic E-state index is 13.8. The van der Waals surface area contributed by atoms with Gasteiger partial charge in [0.2, 0.25) is 23.6 Å². The minimum Gasteiger partial charge on any atom is -0.371 e. The van der Waals surface area contributed by atoms with Crippen LogP contribution in [0, 0.1) is 5.92 Å². The van der Waals surface area contributed by atoms with E-state index in [-0.39, 0.29) is 53.8 Å². The summed E-state index contributed by atoms with van der Waals surface area (Å²) in [5.74, 6) is -1.20. The molecule has 356 valence electrons. The summed E-state index contributed by atoms with van der Waals surface area (Å²) in [6, 6.07) is 23.3. The van der Waals surface area contributed by atoms with Crippen molar-refractivity contribution in [3.8, 4) is 0 Å². The Kier molecular flexibility index (Phi) is 12.0. The Hall–Kier alpha value is -7.21. The first-order valence-electron chi connectivity index (χ1n) is 24.4. The second-order valence-electron chi connectivity index (χ2n) is 19.3. The molecule has 1 aliphatic carbocycles. The van der Waals surface area contributed by atoms with E-state index in [0.717, 1.165) is 92.4 Å².